The van der Waals surface area contributed by atoms with Gasteiger partial charge in [-0.05, 0) is 41.8 Å². The minimum atomic E-state index is -4.17. The maximum atomic E-state index is 14.4. The summed E-state index contributed by atoms with van der Waals surface area (Å²) in [6.07, 6.45) is 0.995. The lowest BCUT2D eigenvalue weighted by Gasteiger charge is -2.34. The average molecular weight is 600 g/mol. The van der Waals surface area contributed by atoms with E-state index in [1.54, 1.807) is 42.5 Å². The van der Waals surface area contributed by atoms with Crippen LogP contribution >= 0.6 is 0 Å². The van der Waals surface area contributed by atoms with E-state index >= 15 is 0 Å². The van der Waals surface area contributed by atoms with Gasteiger partial charge in [0.05, 0.1) is 17.7 Å². The first kappa shape index (κ1) is 31.3. The van der Waals surface area contributed by atoms with E-state index in [0.29, 0.717) is 12.3 Å². The van der Waals surface area contributed by atoms with Crippen molar-refractivity contribution in [2.75, 3.05) is 24.5 Å². The Balaban J connectivity index is 1.78. The Bertz CT molecular complexity index is 1580. The fourth-order valence-electron chi connectivity index (χ4n) is 4.71. The monoisotopic (exact) mass is 599 g/mol. The van der Waals surface area contributed by atoms with Gasteiger partial charge in [-0.1, -0.05) is 91.9 Å². The summed E-state index contributed by atoms with van der Waals surface area (Å²) in [4.78, 5) is 29.6. The van der Waals surface area contributed by atoms with Gasteiger partial charge >= 0.3 is 0 Å². The molecule has 0 fully saturated rings. The number of hydrogen-bond acceptors (Lipinski definition) is 5. The van der Waals surface area contributed by atoms with E-state index < -0.39 is 28.5 Å². The Kier molecular flexibility index (Phi) is 10.9. The van der Waals surface area contributed by atoms with Crippen molar-refractivity contribution in [2.45, 2.75) is 37.2 Å². The number of anilines is 1. The molecule has 224 valence electrons. The van der Waals surface area contributed by atoms with E-state index in [4.69, 9.17) is 4.74 Å². The SMILES string of the molecule is CCCNC(=O)[C@@H](Cc1ccccc1)N(Cc1ccccc1)C(=O)CN(c1cccc(OC)c1)S(=O)(=O)c1ccccc1. The van der Waals surface area contributed by atoms with Gasteiger partial charge in [0.1, 0.15) is 18.3 Å². The summed E-state index contributed by atoms with van der Waals surface area (Å²) in [5.74, 6) is -0.368. The quantitative estimate of drug-likeness (QED) is 0.219. The first-order valence-corrected chi connectivity index (χ1v) is 15.6. The van der Waals surface area contributed by atoms with Crippen molar-refractivity contribution in [3.8, 4) is 5.75 Å². The van der Waals surface area contributed by atoms with Gasteiger partial charge in [0, 0.05) is 25.6 Å². The molecular formula is C34H37N3O5S. The van der Waals surface area contributed by atoms with Crippen LogP contribution in [0.4, 0.5) is 5.69 Å². The molecule has 0 aliphatic carbocycles. The lowest BCUT2D eigenvalue weighted by atomic mass is 10.0. The summed E-state index contributed by atoms with van der Waals surface area (Å²) >= 11 is 0. The third-order valence-corrected chi connectivity index (χ3v) is 8.76. The normalized spacial score (nSPS) is 11.8. The number of rotatable bonds is 14. The highest BCUT2D eigenvalue weighted by atomic mass is 32.2. The van der Waals surface area contributed by atoms with Gasteiger partial charge in [-0.15, -0.1) is 0 Å². The van der Waals surface area contributed by atoms with Crippen molar-refractivity contribution in [1.29, 1.82) is 0 Å². The standard InChI is InChI=1S/C34H37N3O5S/c1-3-22-35-34(39)32(23-27-14-7-4-8-15-27)36(25-28-16-9-5-10-17-28)33(38)26-37(29-18-13-19-30(24-29)42-2)43(40,41)31-20-11-6-12-21-31/h4-21,24,32H,3,22-23,25-26H2,1-2H3,(H,35,39)/t32-/m1/s1. The molecule has 0 saturated carbocycles. The molecule has 0 unspecified atom stereocenters. The van der Waals surface area contributed by atoms with Crippen LogP contribution in [0, 0.1) is 0 Å². The maximum absolute atomic E-state index is 14.4. The number of ether oxygens (including phenoxy) is 1. The zero-order valence-corrected chi connectivity index (χ0v) is 25.2. The summed E-state index contributed by atoms with van der Waals surface area (Å²) in [7, 11) is -2.68. The van der Waals surface area contributed by atoms with Crippen molar-refractivity contribution >= 4 is 27.5 Å². The van der Waals surface area contributed by atoms with Crippen molar-refractivity contribution in [1.82, 2.24) is 10.2 Å². The predicted molar refractivity (Wildman–Crippen MR) is 168 cm³/mol. The molecule has 0 bridgehead atoms. The lowest BCUT2D eigenvalue weighted by Crippen LogP contribution is -2.53. The van der Waals surface area contributed by atoms with E-state index in [9.17, 15) is 18.0 Å². The Morgan fingerprint density at radius 3 is 2.02 bits per heavy atom. The smallest absolute Gasteiger partial charge is 0.264 e. The Hall–Kier alpha value is -4.63. The number of methoxy groups -OCH3 is 1. The lowest BCUT2D eigenvalue weighted by molar-refractivity contribution is -0.140. The molecule has 0 radical (unpaired) electrons. The van der Waals surface area contributed by atoms with Crippen LogP contribution in [-0.2, 0) is 32.6 Å². The van der Waals surface area contributed by atoms with Gasteiger partial charge < -0.3 is 15.0 Å². The van der Waals surface area contributed by atoms with Gasteiger partial charge in [0.2, 0.25) is 11.8 Å². The summed E-state index contributed by atoms with van der Waals surface area (Å²) < 4.78 is 34.5. The zero-order chi connectivity index (χ0) is 30.7. The minimum Gasteiger partial charge on any atom is -0.497 e. The first-order valence-electron chi connectivity index (χ1n) is 14.2. The van der Waals surface area contributed by atoms with Crippen molar-refractivity contribution < 1.29 is 22.7 Å². The zero-order valence-electron chi connectivity index (χ0n) is 24.4. The number of benzene rings is 4. The highest BCUT2D eigenvalue weighted by molar-refractivity contribution is 7.92. The van der Waals surface area contributed by atoms with E-state index in [-0.39, 0.29) is 29.5 Å². The summed E-state index contributed by atoms with van der Waals surface area (Å²) in [5, 5.41) is 2.95. The molecule has 0 aromatic heterocycles. The van der Waals surface area contributed by atoms with Crippen LogP contribution < -0.4 is 14.4 Å². The molecule has 0 aliphatic heterocycles. The number of carbonyl (C=O) groups is 2. The Morgan fingerprint density at radius 1 is 0.814 bits per heavy atom. The van der Waals surface area contributed by atoms with Crippen LogP contribution in [0.5, 0.6) is 5.75 Å². The van der Waals surface area contributed by atoms with E-state index in [0.717, 1.165) is 21.9 Å². The first-order chi connectivity index (χ1) is 20.8. The molecule has 1 N–H and O–H groups in total. The molecule has 9 heteroatoms. The molecule has 4 rings (SSSR count). The van der Waals surface area contributed by atoms with Crippen molar-refractivity contribution in [2.24, 2.45) is 0 Å². The molecule has 4 aromatic carbocycles. The van der Waals surface area contributed by atoms with E-state index in [1.165, 1.54) is 24.1 Å². The van der Waals surface area contributed by atoms with E-state index in [1.807, 2.05) is 67.6 Å². The second kappa shape index (κ2) is 15.0. The summed E-state index contributed by atoms with van der Waals surface area (Å²) in [5.41, 5.74) is 1.97. The third-order valence-electron chi connectivity index (χ3n) is 6.97. The van der Waals surface area contributed by atoms with Crippen molar-refractivity contribution in [3.05, 3.63) is 126 Å². The molecule has 0 heterocycles. The summed E-state index contributed by atoms with van der Waals surface area (Å²) in [6.45, 7) is 2.01. The molecule has 8 nitrogen and oxygen atoms in total. The van der Waals surface area contributed by atoms with Gasteiger partial charge in [-0.3, -0.25) is 13.9 Å². The Labute approximate surface area is 254 Å². The Morgan fingerprint density at radius 2 is 1.42 bits per heavy atom. The molecule has 2 amide bonds. The fourth-order valence-corrected chi connectivity index (χ4v) is 6.14. The van der Waals surface area contributed by atoms with Gasteiger partial charge in [-0.25, -0.2) is 8.42 Å². The second-order valence-electron chi connectivity index (χ2n) is 10.0. The van der Waals surface area contributed by atoms with Crippen LogP contribution in [0.15, 0.2) is 120 Å². The highest BCUT2D eigenvalue weighted by Gasteiger charge is 2.34. The van der Waals surface area contributed by atoms with Gasteiger partial charge in [0.25, 0.3) is 10.0 Å². The van der Waals surface area contributed by atoms with Crippen LogP contribution in [0.1, 0.15) is 24.5 Å². The predicted octanol–water partition coefficient (Wildman–Crippen LogP) is 5.06. The van der Waals surface area contributed by atoms with Crippen molar-refractivity contribution in [3.63, 3.8) is 0 Å². The van der Waals surface area contributed by atoms with Gasteiger partial charge in [-0.2, -0.15) is 0 Å². The highest BCUT2D eigenvalue weighted by Crippen LogP contribution is 2.28. The summed E-state index contributed by atoms with van der Waals surface area (Å²) in [6, 6.07) is 32.5. The number of amides is 2. The third kappa shape index (κ3) is 8.23. The molecule has 0 spiro atoms. The van der Waals surface area contributed by atoms with E-state index in [2.05, 4.69) is 5.32 Å². The van der Waals surface area contributed by atoms with Crippen LogP contribution in [0.25, 0.3) is 0 Å². The maximum Gasteiger partial charge on any atom is 0.264 e. The molecular weight excluding hydrogens is 562 g/mol. The molecule has 0 saturated heterocycles. The number of nitrogens with zero attached hydrogens (tertiary/aromatic N) is 2. The molecule has 4 aromatic rings. The number of hydrogen-bond donors (Lipinski definition) is 1. The minimum absolute atomic E-state index is 0.0433. The van der Waals surface area contributed by atoms with Gasteiger partial charge in [0.15, 0.2) is 0 Å². The van der Waals surface area contributed by atoms with Crippen LogP contribution in [0.2, 0.25) is 0 Å². The average Bonchev–Trinajstić information content (AvgIpc) is 3.05. The topological polar surface area (TPSA) is 96.0 Å². The number of sulfonamides is 1. The van der Waals surface area contributed by atoms with Crippen LogP contribution in [0.3, 0.4) is 0 Å². The second-order valence-corrected chi connectivity index (χ2v) is 11.9. The fraction of sp³-hybridized carbons (Fsp3) is 0.235. The molecule has 43 heavy (non-hydrogen) atoms. The molecule has 0 aliphatic rings. The number of nitrogens with one attached hydrogen (secondary N) is 1. The van der Waals surface area contributed by atoms with Crippen LogP contribution in [-0.4, -0.2) is 51.4 Å². The molecule has 1 atom stereocenters. The number of carbonyl (C=O) groups excluding carboxylic acids is 2. The largest absolute Gasteiger partial charge is 0.497 e.